The molecule has 0 saturated carbocycles. The smallest absolute Gasteiger partial charge is 0.261 e. The molecule has 192 valence electrons. The number of benzene rings is 2. The third kappa shape index (κ3) is 5.88. The molecule has 2 aromatic carbocycles. The second-order valence-corrected chi connectivity index (χ2v) is 8.46. The summed E-state index contributed by atoms with van der Waals surface area (Å²) in [5, 5.41) is 0.424. The molecule has 2 heterocycles. The number of carbonyl (C=O) groups excluding carboxylic acids is 1. The van der Waals surface area contributed by atoms with Gasteiger partial charge in [0.1, 0.15) is 18.1 Å². The third-order valence-corrected chi connectivity index (χ3v) is 6.36. The van der Waals surface area contributed by atoms with Crippen LogP contribution in [0.2, 0.25) is 0 Å². The number of amides is 1. The molecule has 1 amide bonds. The molecule has 0 atom stereocenters. The zero-order valence-electron chi connectivity index (χ0n) is 20.9. The van der Waals surface area contributed by atoms with Crippen molar-refractivity contribution in [2.24, 2.45) is 0 Å². The molecule has 10 nitrogen and oxygen atoms in total. The predicted octanol–water partition coefficient (Wildman–Crippen LogP) is 2.04. The topological polar surface area (TPSA) is 95.4 Å². The van der Waals surface area contributed by atoms with Gasteiger partial charge >= 0.3 is 0 Å². The molecule has 0 N–H and O–H groups in total. The lowest BCUT2D eigenvalue weighted by molar-refractivity contribution is -0.133. The molecule has 1 fully saturated rings. The maximum atomic E-state index is 12.9. The van der Waals surface area contributed by atoms with Crippen molar-refractivity contribution in [1.82, 2.24) is 19.4 Å². The summed E-state index contributed by atoms with van der Waals surface area (Å²) in [6.07, 6.45) is 1.71. The number of carbonyl (C=O) groups is 1. The normalized spacial score (nSPS) is 14.0. The molecule has 0 unspecified atom stereocenters. The first-order valence-corrected chi connectivity index (χ1v) is 11.9. The quantitative estimate of drug-likeness (QED) is 0.421. The van der Waals surface area contributed by atoms with Crippen molar-refractivity contribution in [3.63, 3.8) is 0 Å². The Labute approximate surface area is 209 Å². The number of hydrogen-bond acceptors (Lipinski definition) is 8. The molecule has 0 bridgehead atoms. The second kappa shape index (κ2) is 11.8. The van der Waals surface area contributed by atoms with Crippen LogP contribution in [0, 0.1) is 0 Å². The number of aryl methyl sites for hydroxylation is 1. The van der Waals surface area contributed by atoms with Crippen molar-refractivity contribution in [3.05, 3.63) is 53.1 Å². The Morgan fingerprint density at radius 1 is 0.889 bits per heavy atom. The van der Waals surface area contributed by atoms with Crippen LogP contribution in [-0.4, -0.2) is 85.9 Å². The number of fused-ring (bicyclic) bond motifs is 1. The third-order valence-electron chi connectivity index (χ3n) is 6.36. The summed E-state index contributed by atoms with van der Waals surface area (Å²) < 4.78 is 23.0. The van der Waals surface area contributed by atoms with E-state index >= 15 is 0 Å². The van der Waals surface area contributed by atoms with Crippen molar-refractivity contribution in [1.29, 1.82) is 0 Å². The summed E-state index contributed by atoms with van der Waals surface area (Å²) in [5.41, 5.74) is 0.308. The molecule has 4 rings (SSSR count). The van der Waals surface area contributed by atoms with Crippen LogP contribution in [0.15, 0.2) is 47.5 Å². The summed E-state index contributed by atoms with van der Waals surface area (Å²) in [5.74, 6) is 2.61. The van der Waals surface area contributed by atoms with E-state index in [0.29, 0.717) is 42.1 Å². The van der Waals surface area contributed by atoms with Crippen LogP contribution < -0.4 is 24.5 Å². The van der Waals surface area contributed by atoms with Crippen LogP contribution in [0.1, 0.15) is 6.42 Å². The van der Waals surface area contributed by atoms with Crippen molar-refractivity contribution in [3.8, 4) is 23.0 Å². The van der Waals surface area contributed by atoms with E-state index in [1.54, 1.807) is 19.2 Å². The SMILES string of the molecule is COc1ccc(OCCN2CCN(C(=O)CCn3cnc4cc(OC)c(OC)cc4c3=O)CC2)cc1. The lowest BCUT2D eigenvalue weighted by Crippen LogP contribution is -2.49. The average molecular weight is 497 g/mol. The minimum Gasteiger partial charge on any atom is -0.497 e. The highest BCUT2D eigenvalue weighted by molar-refractivity contribution is 5.81. The summed E-state index contributed by atoms with van der Waals surface area (Å²) >= 11 is 0. The summed E-state index contributed by atoms with van der Waals surface area (Å²) in [7, 11) is 4.69. The second-order valence-electron chi connectivity index (χ2n) is 8.46. The zero-order valence-corrected chi connectivity index (χ0v) is 20.9. The zero-order chi connectivity index (χ0) is 25.5. The first kappa shape index (κ1) is 25.3. The van der Waals surface area contributed by atoms with Gasteiger partial charge in [-0.2, -0.15) is 0 Å². The van der Waals surface area contributed by atoms with Crippen molar-refractivity contribution in [2.75, 3.05) is 60.7 Å². The van der Waals surface area contributed by atoms with Gasteiger partial charge in [0, 0.05) is 51.8 Å². The molecular weight excluding hydrogens is 464 g/mol. The van der Waals surface area contributed by atoms with E-state index in [1.807, 2.05) is 29.2 Å². The van der Waals surface area contributed by atoms with Gasteiger partial charge in [0.2, 0.25) is 5.91 Å². The molecule has 1 aliphatic heterocycles. The first-order chi connectivity index (χ1) is 17.5. The van der Waals surface area contributed by atoms with E-state index in [0.717, 1.165) is 31.1 Å². The van der Waals surface area contributed by atoms with Gasteiger partial charge in [-0.15, -0.1) is 0 Å². The molecule has 0 radical (unpaired) electrons. The number of methoxy groups -OCH3 is 3. The van der Waals surface area contributed by atoms with Crippen molar-refractivity contribution in [2.45, 2.75) is 13.0 Å². The molecule has 1 aliphatic rings. The van der Waals surface area contributed by atoms with E-state index in [9.17, 15) is 9.59 Å². The summed E-state index contributed by atoms with van der Waals surface area (Å²) in [6, 6.07) is 10.8. The molecule has 10 heteroatoms. The van der Waals surface area contributed by atoms with Gasteiger partial charge in [-0.25, -0.2) is 4.98 Å². The van der Waals surface area contributed by atoms with E-state index in [-0.39, 0.29) is 24.4 Å². The molecular formula is C26H32N4O6. The van der Waals surface area contributed by atoms with Gasteiger partial charge in [-0.3, -0.25) is 19.1 Å². The Bertz CT molecular complexity index is 1240. The van der Waals surface area contributed by atoms with Crippen LogP contribution in [0.3, 0.4) is 0 Å². The number of piperazine rings is 1. The van der Waals surface area contributed by atoms with Crippen LogP contribution in [0.4, 0.5) is 0 Å². The Balaban J connectivity index is 1.25. The largest absolute Gasteiger partial charge is 0.497 e. The molecule has 0 aliphatic carbocycles. The van der Waals surface area contributed by atoms with Gasteiger partial charge in [0.05, 0.1) is 38.6 Å². The lowest BCUT2D eigenvalue weighted by atomic mass is 10.2. The highest BCUT2D eigenvalue weighted by atomic mass is 16.5. The fourth-order valence-electron chi connectivity index (χ4n) is 4.20. The minimum atomic E-state index is -0.213. The predicted molar refractivity (Wildman–Crippen MR) is 135 cm³/mol. The van der Waals surface area contributed by atoms with Gasteiger partial charge in [0.15, 0.2) is 11.5 Å². The summed E-state index contributed by atoms with van der Waals surface area (Å²) in [6.45, 7) is 4.53. The van der Waals surface area contributed by atoms with Gasteiger partial charge in [-0.05, 0) is 30.3 Å². The van der Waals surface area contributed by atoms with Crippen LogP contribution in [0.5, 0.6) is 23.0 Å². The van der Waals surface area contributed by atoms with Crippen molar-refractivity contribution >= 4 is 16.8 Å². The number of aromatic nitrogens is 2. The molecule has 1 aromatic heterocycles. The van der Waals surface area contributed by atoms with Crippen LogP contribution >= 0.6 is 0 Å². The number of ether oxygens (including phenoxy) is 4. The lowest BCUT2D eigenvalue weighted by Gasteiger charge is -2.34. The molecule has 36 heavy (non-hydrogen) atoms. The van der Waals surface area contributed by atoms with E-state index in [4.69, 9.17) is 18.9 Å². The number of hydrogen-bond donors (Lipinski definition) is 0. The highest BCUT2D eigenvalue weighted by Gasteiger charge is 2.21. The minimum absolute atomic E-state index is 0.0310. The average Bonchev–Trinajstić information content (AvgIpc) is 2.92. The number of nitrogens with zero attached hydrogens (tertiary/aromatic N) is 4. The Morgan fingerprint density at radius 3 is 2.22 bits per heavy atom. The molecule has 0 spiro atoms. The highest BCUT2D eigenvalue weighted by Crippen LogP contribution is 2.29. The fraction of sp³-hybridized carbons (Fsp3) is 0.423. The van der Waals surface area contributed by atoms with E-state index in [2.05, 4.69) is 9.88 Å². The monoisotopic (exact) mass is 496 g/mol. The van der Waals surface area contributed by atoms with Crippen LogP contribution in [-0.2, 0) is 11.3 Å². The van der Waals surface area contributed by atoms with Gasteiger partial charge in [0.25, 0.3) is 5.56 Å². The maximum Gasteiger partial charge on any atom is 0.261 e. The maximum absolute atomic E-state index is 12.9. The Morgan fingerprint density at radius 2 is 1.56 bits per heavy atom. The first-order valence-electron chi connectivity index (χ1n) is 11.9. The molecule has 3 aromatic rings. The van der Waals surface area contributed by atoms with E-state index < -0.39 is 0 Å². The van der Waals surface area contributed by atoms with Gasteiger partial charge in [-0.1, -0.05) is 0 Å². The standard InChI is InChI=1S/C26H32N4O6/c1-33-19-4-6-20(7-5-19)36-15-14-28-10-12-29(13-11-28)25(31)8-9-30-18-27-22-17-24(35-3)23(34-2)16-21(22)26(30)32/h4-7,16-18H,8-15H2,1-3H3. The van der Waals surface area contributed by atoms with E-state index in [1.165, 1.54) is 25.1 Å². The van der Waals surface area contributed by atoms with Crippen LogP contribution in [0.25, 0.3) is 10.9 Å². The molecule has 1 saturated heterocycles. The summed E-state index contributed by atoms with van der Waals surface area (Å²) in [4.78, 5) is 34.2. The van der Waals surface area contributed by atoms with Crippen molar-refractivity contribution < 1.29 is 23.7 Å². The van der Waals surface area contributed by atoms with Gasteiger partial charge < -0.3 is 23.8 Å². The fourth-order valence-corrected chi connectivity index (χ4v) is 4.20. The Hall–Kier alpha value is -3.79. The number of rotatable bonds is 10. The Kier molecular flexibility index (Phi) is 8.27.